The van der Waals surface area contributed by atoms with Gasteiger partial charge in [0, 0.05) is 0 Å². The summed E-state index contributed by atoms with van der Waals surface area (Å²) in [5.74, 6) is 2.39. The van der Waals surface area contributed by atoms with Crippen molar-refractivity contribution in [1.82, 2.24) is 0 Å². The van der Waals surface area contributed by atoms with Crippen LogP contribution >= 0.6 is 0 Å². The molecule has 20 heavy (non-hydrogen) atoms. The van der Waals surface area contributed by atoms with Gasteiger partial charge in [-0.25, -0.2) is 0 Å². The Morgan fingerprint density at radius 3 is 2.75 bits per heavy atom. The van der Waals surface area contributed by atoms with Gasteiger partial charge in [-0.2, -0.15) is 0 Å². The Balaban J connectivity index is 1.89. The van der Waals surface area contributed by atoms with E-state index in [0.29, 0.717) is 0 Å². The minimum atomic E-state index is -0.160. The fourth-order valence-corrected chi connectivity index (χ4v) is 2.95. The summed E-state index contributed by atoms with van der Waals surface area (Å²) in [6, 6.07) is 14.6. The molecule has 0 unspecified atom stereocenters. The number of ether oxygens (including phenoxy) is 1. The third kappa shape index (κ3) is 2.16. The van der Waals surface area contributed by atoms with Crippen molar-refractivity contribution in [3.05, 3.63) is 48.0 Å². The molecule has 2 heteroatoms. The summed E-state index contributed by atoms with van der Waals surface area (Å²) in [6.07, 6.45) is 7.05. The average molecular weight is 264 g/mol. The maximum Gasteiger partial charge on any atom is 0.310 e. The van der Waals surface area contributed by atoms with Crippen molar-refractivity contribution in [1.29, 1.82) is 0 Å². The normalized spacial score (nSPS) is 20.9. The molecule has 1 saturated carbocycles. The van der Waals surface area contributed by atoms with Crippen LogP contribution in [0.25, 0.3) is 10.8 Å². The highest BCUT2D eigenvalue weighted by Crippen LogP contribution is 2.45. The second kappa shape index (κ2) is 5.38. The third-order valence-electron chi connectivity index (χ3n) is 4.10. The molecule has 2 atom stereocenters. The number of carbonyl (C=O) groups is 1. The number of carbonyl (C=O) groups excluding carboxylic acids is 1. The van der Waals surface area contributed by atoms with Crippen LogP contribution in [0.1, 0.15) is 24.3 Å². The van der Waals surface area contributed by atoms with Gasteiger partial charge in [-0.1, -0.05) is 48.4 Å². The van der Waals surface area contributed by atoms with E-state index >= 15 is 0 Å². The van der Waals surface area contributed by atoms with E-state index in [2.05, 4.69) is 36.3 Å². The first-order valence-corrected chi connectivity index (χ1v) is 6.89. The summed E-state index contributed by atoms with van der Waals surface area (Å²) >= 11 is 0. The molecule has 0 amide bonds. The second-order valence-electron chi connectivity index (χ2n) is 5.17. The lowest BCUT2D eigenvalue weighted by molar-refractivity contribution is -0.151. The van der Waals surface area contributed by atoms with Gasteiger partial charge in [0.2, 0.25) is 0 Å². The number of esters is 1. The molecular weight excluding hydrogens is 248 g/mol. The Morgan fingerprint density at radius 2 is 2.00 bits per heavy atom. The Kier molecular flexibility index (Phi) is 3.43. The van der Waals surface area contributed by atoms with Crippen LogP contribution in [-0.2, 0) is 9.53 Å². The number of hydrogen-bond acceptors (Lipinski definition) is 2. The molecule has 2 nitrogen and oxygen atoms in total. The highest BCUT2D eigenvalue weighted by Gasteiger charge is 2.39. The largest absolute Gasteiger partial charge is 0.452 e. The standard InChI is InChI=1S/C18H16O2/c1-2-12-20-18(19)17-11-10-16(17)15-9-5-7-13-6-3-4-8-14(13)15/h1,3-9,16-17H,10-12H2/t16-,17+/m0/s1. The Bertz CT molecular complexity index is 676. The topological polar surface area (TPSA) is 26.3 Å². The first-order valence-electron chi connectivity index (χ1n) is 6.89. The molecule has 0 aromatic heterocycles. The van der Waals surface area contributed by atoms with Gasteiger partial charge in [0.05, 0.1) is 5.92 Å². The van der Waals surface area contributed by atoms with Gasteiger partial charge in [-0.3, -0.25) is 4.79 Å². The lowest BCUT2D eigenvalue weighted by Crippen LogP contribution is -2.32. The van der Waals surface area contributed by atoms with Crippen molar-refractivity contribution >= 4 is 16.7 Å². The quantitative estimate of drug-likeness (QED) is 0.626. The van der Waals surface area contributed by atoms with Crippen molar-refractivity contribution < 1.29 is 9.53 Å². The van der Waals surface area contributed by atoms with Gasteiger partial charge in [0.25, 0.3) is 0 Å². The van der Waals surface area contributed by atoms with Crippen LogP contribution in [0.2, 0.25) is 0 Å². The summed E-state index contributed by atoms with van der Waals surface area (Å²) in [4.78, 5) is 12.0. The average Bonchev–Trinajstić information content (AvgIpc) is 2.44. The van der Waals surface area contributed by atoms with Gasteiger partial charge in [0.1, 0.15) is 0 Å². The highest BCUT2D eigenvalue weighted by molar-refractivity contribution is 5.87. The molecule has 0 radical (unpaired) electrons. The molecule has 2 aromatic carbocycles. The summed E-state index contributed by atoms with van der Waals surface area (Å²) in [7, 11) is 0. The molecule has 0 heterocycles. The van der Waals surface area contributed by atoms with E-state index < -0.39 is 0 Å². The van der Waals surface area contributed by atoms with Crippen LogP contribution < -0.4 is 0 Å². The van der Waals surface area contributed by atoms with Crippen molar-refractivity contribution in [2.24, 2.45) is 5.92 Å². The molecule has 1 aliphatic rings. The van der Waals surface area contributed by atoms with Crippen molar-refractivity contribution in [2.75, 3.05) is 6.61 Å². The first kappa shape index (κ1) is 12.7. The van der Waals surface area contributed by atoms with Gasteiger partial charge in [-0.05, 0) is 35.1 Å². The van der Waals surface area contributed by atoms with E-state index in [1.807, 2.05) is 12.1 Å². The van der Waals surface area contributed by atoms with Crippen LogP contribution in [0.5, 0.6) is 0 Å². The maximum absolute atomic E-state index is 12.0. The van der Waals surface area contributed by atoms with Crippen LogP contribution in [0.4, 0.5) is 0 Å². The molecule has 0 bridgehead atoms. The maximum atomic E-state index is 12.0. The number of fused-ring (bicyclic) bond motifs is 1. The Hall–Kier alpha value is -2.27. The number of rotatable bonds is 3. The van der Waals surface area contributed by atoms with Crippen LogP contribution in [-0.4, -0.2) is 12.6 Å². The summed E-state index contributed by atoms with van der Waals surface area (Å²) in [6.45, 7) is 0.0671. The fourth-order valence-electron chi connectivity index (χ4n) is 2.95. The zero-order chi connectivity index (χ0) is 13.9. The van der Waals surface area contributed by atoms with Crippen molar-refractivity contribution in [3.63, 3.8) is 0 Å². The molecule has 2 aromatic rings. The number of terminal acetylenes is 1. The minimum absolute atomic E-state index is 0.0471. The van der Waals surface area contributed by atoms with Crippen molar-refractivity contribution in [3.8, 4) is 12.3 Å². The predicted molar refractivity (Wildman–Crippen MR) is 79.2 cm³/mol. The van der Waals surface area contributed by atoms with E-state index in [0.717, 1.165) is 12.8 Å². The number of hydrogen-bond donors (Lipinski definition) is 0. The zero-order valence-electron chi connectivity index (χ0n) is 11.2. The summed E-state index contributed by atoms with van der Waals surface area (Å²) in [5, 5.41) is 2.45. The molecule has 3 rings (SSSR count). The molecule has 0 aliphatic heterocycles. The van der Waals surface area contributed by atoms with Crippen LogP contribution in [0, 0.1) is 18.3 Å². The van der Waals surface area contributed by atoms with Crippen molar-refractivity contribution in [2.45, 2.75) is 18.8 Å². The third-order valence-corrected chi connectivity index (χ3v) is 4.10. The van der Waals surface area contributed by atoms with E-state index in [-0.39, 0.29) is 24.4 Å². The highest BCUT2D eigenvalue weighted by atomic mass is 16.5. The molecule has 0 spiro atoms. The van der Waals surface area contributed by atoms with Crippen LogP contribution in [0.3, 0.4) is 0 Å². The lowest BCUT2D eigenvalue weighted by Gasteiger charge is -2.35. The molecule has 1 fully saturated rings. The van der Waals surface area contributed by atoms with Gasteiger partial charge in [-0.15, -0.1) is 6.42 Å². The minimum Gasteiger partial charge on any atom is -0.452 e. The Morgan fingerprint density at radius 1 is 1.20 bits per heavy atom. The molecule has 1 aliphatic carbocycles. The van der Waals surface area contributed by atoms with E-state index in [1.165, 1.54) is 16.3 Å². The molecule has 0 saturated heterocycles. The second-order valence-corrected chi connectivity index (χ2v) is 5.17. The molecule has 0 N–H and O–H groups in total. The van der Waals surface area contributed by atoms with Gasteiger partial charge >= 0.3 is 5.97 Å². The Labute approximate surface area is 118 Å². The monoisotopic (exact) mass is 264 g/mol. The number of benzene rings is 2. The summed E-state index contributed by atoms with van der Waals surface area (Å²) < 4.78 is 5.08. The van der Waals surface area contributed by atoms with E-state index in [1.54, 1.807) is 0 Å². The molecular formula is C18H16O2. The van der Waals surface area contributed by atoms with Gasteiger partial charge in [0.15, 0.2) is 6.61 Å². The summed E-state index contributed by atoms with van der Waals surface area (Å²) in [5.41, 5.74) is 1.25. The predicted octanol–water partition coefficient (Wildman–Crippen LogP) is 3.51. The zero-order valence-corrected chi connectivity index (χ0v) is 11.2. The van der Waals surface area contributed by atoms with E-state index in [9.17, 15) is 4.79 Å². The fraction of sp³-hybridized carbons (Fsp3) is 0.278. The lowest BCUT2D eigenvalue weighted by atomic mass is 9.69. The van der Waals surface area contributed by atoms with Gasteiger partial charge < -0.3 is 4.74 Å². The first-order chi connectivity index (χ1) is 9.81. The van der Waals surface area contributed by atoms with E-state index in [4.69, 9.17) is 11.2 Å². The molecule has 100 valence electrons. The smallest absolute Gasteiger partial charge is 0.310 e. The van der Waals surface area contributed by atoms with Crippen LogP contribution in [0.15, 0.2) is 42.5 Å². The SMILES string of the molecule is C#CCOC(=O)[C@@H]1CC[C@H]1c1cccc2ccccc12.